The predicted molar refractivity (Wildman–Crippen MR) is 95.7 cm³/mol. The molecule has 0 spiro atoms. The van der Waals surface area contributed by atoms with Crippen molar-refractivity contribution in [3.63, 3.8) is 0 Å². The highest BCUT2D eigenvalue weighted by Crippen LogP contribution is 2.30. The smallest absolute Gasteiger partial charge is 0.387 e. The maximum absolute atomic E-state index is 12.4. The molecule has 0 aromatic heterocycles. The van der Waals surface area contributed by atoms with Crippen LogP contribution in [-0.2, 0) is 10.0 Å². The number of hydrogen-bond donors (Lipinski definition) is 1. The van der Waals surface area contributed by atoms with Gasteiger partial charge in [0.25, 0.3) is 0 Å². The highest BCUT2D eigenvalue weighted by Gasteiger charge is 2.12. The van der Waals surface area contributed by atoms with Gasteiger partial charge in [-0.3, -0.25) is 4.79 Å². The van der Waals surface area contributed by atoms with E-state index in [0.29, 0.717) is 5.56 Å². The van der Waals surface area contributed by atoms with Crippen LogP contribution in [0.2, 0.25) is 0 Å². The molecule has 0 radical (unpaired) electrons. The van der Waals surface area contributed by atoms with Gasteiger partial charge >= 0.3 is 6.61 Å². The van der Waals surface area contributed by atoms with Gasteiger partial charge in [-0.15, -0.1) is 0 Å². The van der Waals surface area contributed by atoms with Crippen LogP contribution in [0.4, 0.5) is 8.78 Å². The maximum Gasteiger partial charge on any atom is 0.387 e. The summed E-state index contributed by atoms with van der Waals surface area (Å²) >= 11 is 0. The lowest BCUT2D eigenvalue weighted by Crippen LogP contribution is -2.18. The molecular weight excluding hydrogens is 380 g/mol. The first-order chi connectivity index (χ1) is 12.8. The first-order valence-corrected chi connectivity index (χ1v) is 9.14. The number of carbonyl (C=O) groups is 1. The van der Waals surface area contributed by atoms with Crippen LogP contribution in [0.5, 0.6) is 11.5 Å². The Morgan fingerprint density at radius 2 is 1.78 bits per heavy atom. The molecule has 0 aliphatic heterocycles. The number of nitrogens with one attached hydrogen (secondary N) is 1. The zero-order valence-corrected chi connectivity index (χ0v) is 15.3. The highest BCUT2D eigenvalue weighted by molar-refractivity contribution is 7.89. The van der Waals surface area contributed by atoms with Gasteiger partial charge in [-0.1, -0.05) is 12.1 Å². The summed E-state index contributed by atoms with van der Waals surface area (Å²) in [6, 6.07) is 9.73. The van der Waals surface area contributed by atoms with Crippen LogP contribution in [0.15, 0.2) is 53.4 Å². The van der Waals surface area contributed by atoms with Crippen molar-refractivity contribution in [3.8, 4) is 11.5 Å². The van der Waals surface area contributed by atoms with Gasteiger partial charge in [0.1, 0.15) is 0 Å². The molecule has 0 fully saturated rings. The fourth-order valence-corrected chi connectivity index (χ4v) is 2.90. The number of carbonyl (C=O) groups excluding carboxylic acids is 1. The maximum atomic E-state index is 12.4. The van der Waals surface area contributed by atoms with E-state index in [2.05, 4.69) is 9.46 Å². The first kappa shape index (κ1) is 20.5. The molecule has 2 aromatic rings. The van der Waals surface area contributed by atoms with Gasteiger partial charge in [-0.05, 0) is 55.1 Å². The lowest BCUT2D eigenvalue weighted by molar-refractivity contribution is -0.0512. The Hall–Kier alpha value is -2.78. The Bertz CT molecular complexity index is 941. The first-order valence-electron chi connectivity index (χ1n) is 7.65. The second-order valence-electron chi connectivity index (χ2n) is 5.22. The standard InChI is InChI=1S/C18H17F2NO5S/c1-21-27(23,24)14-7-5-13(6-8-14)15(22)9-3-12-4-10-16(25-2)17(11-12)26-18(19)20/h3-11,18,21H,1-2H3/b9-3+. The molecule has 1 N–H and O–H groups in total. The minimum Gasteiger partial charge on any atom is -0.493 e. The summed E-state index contributed by atoms with van der Waals surface area (Å²) in [7, 11) is -0.970. The van der Waals surface area contributed by atoms with Crippen molar-refractivity contribution in [1.82, 2.24) is 4.72 Å². The van der Waals surface area contributed by atoms with Gasteiger partial charge in [0, 0.05) is 5.56 Å². The molecule has 0 saturated carbocycles. The average Bonchev–Trinajstić information content (AvgIpc) is 2.66. The molecule has 0 unspecified atom stereocenters. The molecule has 0 bridgehead atoms. The molecule has 6 nitrogen and oxygen atoms in total. The third kappa shape index (κ3) is 5.35. The molecule has 27 heavy (non-hydrogen) atoms. The lowest BCUT2D eigenvalue weighted by Gasteiger charge is -2.10. The van der Waals surface area contributed by atoms with Gasteiger partial charge in [-0.25, -0.2) is 13.1 Å². The molecule has 0 aliphatic carbocycles. The van der Waals surface area contributed by atoms with Crippen molar-refractivity contribution >= 4 is 21.9 Å². The highest BCUT2D eigenvalue weighted by atomic mass is 32.2. The summed E-state index contributed by atoms with van der Waals surface area (Å²) in [5.41, 5.74) is 0.730. The van der Waals surface area contributed by atoms with E-state index >= 15 is 0 Å². The van der Waals surface area contributed by atoms with Gasteiger partial charge in [0.05, 0.1) is 12.0 Å². The molecule has 0 heterocycles. The van der Waals surface area contributed by atoms with E-state index in [0.717, 1.165) is 0 Å². The molecule has 2 aromatic carbocycles. The predicted octanol–water partition coefficient (Wildman–Crippen LogP) is 3.10. The molecule has 0 saturated heterocycles. The largest absolute Gasteiger partial charge is 0.493 e. The summed E-state index contributed by atoms with van der Waals surface area (Å²) in [4.78, 5) is 12.2. The minimum atomic E-state index is -3.58. The fraction of sp³-hybridized carbons (Fsp3) is 0.167. The average molecular weight is 397 g/mol. The van der Waals surface area contributed by atoms with Gasteiger partial charge in [0.15, 0.2) is 17.3 Å². The van der Waals surface area contributed by atoms with Crippen LogP contribution in [0.25, 0.3) is 6.08 Å². The van der Waals surface area contributed by atoms with E-state index < -0.39 is 16.6 Å². The number of halogens is 2. The monoisotopic (exact) mass is 397 g/mol. The molecule has 144 valence electrons. The van der Waals surface area contributed by atoms with Crippen molar-refractivity contribution in [2.24, 2.45) is 0 Å². The molecule has 9 heteroatoms. The summed E-state index contributed by atoms with van der Waals surface area (Å²) in [6.45, 7) is -3.01. The summed E-state index contributed by atoms with van der Waals surface area (Å²) in [6.07, 6.45) is 2.67. The van der Waals surface area contributed by atoms with E-state index in [1.54, 1.807) is 6.07 Å². The topological polar surface area (TPSA) is 81.7 Å². The van der Waals surface area contributed by atoms with E-state index in [1.165, 1.54) is 62.7 Å². The SMILES string of the molecule is CNS(=O)(=O)c1ccc(C(=O)/C=C/c2ccc(OC)c(OC(F)F)c2)cc1. The van der Waals surface area contributed by atoms with E-state index in [1.807, 2.05) is 0 Å². The van der Waals surface area contributed by atoms with Crippen molar-refractivity contribution in [3.05, 3.63) is 59.7 Å². The number of ether oxygens (including phenoxy) is 2. The van der Waals surface area contributed by atoms with Gasteiger partial charge < -0.3 is 9.47 Å². The van der Waals surface area contributed by atoms with Crippen LogP contribution in [-0.4, -0.2) is 35.0 Å². The van der Waals surface area contributed by atoms with E-state index in [-0.39, 0.29) is 27.7 Å². The van der Waals surface area contributed by atoms with Gasteiger partial charge in [0.2, 0.25) is 10.0 Å². The Morgan fingerprint density at radius 1 is 1.11 bits per heavy atom. The molecule has 2 rings (SSSR count). The van der Waals surface area contributed by atoms with Crippen molar-refractivity contribution in [2.75, 3.05) is 14.2 Å². The van der Waals surface area contributed by atoms with Crippen LogP contribution >= 0.6 is 0 Å². The zero-order chi connectivity index (χ0) is 20.0. The van der Waals surface area contributed by atoms with Crippen LogP contribution in [0.3, 0.4) is 0 Å². The van der Waals surface area contributed by atoms with E-state index in [4.69, 9.17) is 4.74 Å². The normalized spacial score (nSPS) is 11.7. The lowest BCUT2D eigenvalue weighted by atomic mass is 10.1. The Morgan fingerprint density at radius 3 is 2.33 bits per heavy atom. The Labute approximate surface area is 155 Å². The van der Waals surface area contributed by atoms with Crippen molar-refractivity contribution in [2.45, 2.75) is 11.5 Å². The molecule has 0 atom stereocenters. The number of rotatable bonds is 8. The quantitative estimate of drug-likeness (QED) is 0.547. The second kappa shape index (κ2) is 8.74. The van der Waals surface area contributed by atoms with Crippen LogP contribution in [0.1, 0.15) is 15.9 Å². The molecule has 0 amide bonds. The minimum absolute atomic E-state index is 0.0365. The number of methoxy groups -OCH3 is 1. The molecule has 0 aliphatic rings. The number of sulfonamides is 1. The number of hydrogen-bond acceptors (Lipinski definition) is 5. The number of alkyl halides is 2. The third-order valence-electron chi connectivity index (χ3n) is 3.55. The summed E-state index contributed by atoms with van der Waals surface area (Å²) in [5.74, 6) is -0.389. The number of ketones is 1. The fourth-order valence-electron chi connectivity index (χ4n) is 2.17. The summed E-state index contributed by atoms with van der Waals surface area (Å²) < 4.78 is 59.7. The number of benzene rings is 2. The van der Waals surface area contributed by atoms with Crippen LogP contribution in [0, 0.1) is 0 Å². The van der Waals surface area contributed by atoms with Crippen LogP contribution < -0.4 is 14.2 Å². The molecular formula is C18H17F2NO5S. The second-order valence-corrected chi connectivity index (χ2v) is 7.10. The zero-order valence-electron chi connectivity index (χ0n) is 14.5. The van der Waals surface area contributed by atoms with Crippen molar-refractivity contribution in [1.29, 1.82) is 0 Å². The van der Waals surface area contributed by atoms with E-state index in [9.17, 15) is 22.0 Å². The van der Waals surface area contributed by atoms with Crippen molar-refractivity contribution < 1.29 is 31.5 Å². The Kier molecular flexibility index (Phi) is 6.65. The Balaban J connectivity index is 2.19. The number of allylic oxidation sites excluding steroid dienone is 1. The summed E-state index contributed by atoms with van der Waals surface area (Å²) in [5, 5.41) is 0. The van der Waals surface area contributed by atoms with Gasteiger partial charge in [-0.2, -0.15) is 8.78 Å². The third-order valence-corrected chi connectivity index (χ3v) is 4.98.